The van der Waals surface area contributed by atoms with E-state index >= 15 is 0 Å². The van der Waals surface area contributed by atoms with E-state index in [1.165, 1.54) is 12.1 Å². The van der Waals surface area contributed by atoms with Crippen molar-refractivity contribution in [3.8, 4) is 24.0 Å². The summed E-state index contributed by atoms with van der Waals surface area (Å²) in [6, 6.07) is 13.4. The first-order valence-corrected chi connectivity index (χ1v) is 8.03. The quantitative estimate of drug-likeness (QED) is 0.510. The summed E-state index contributed by atoms with van der Waals surface area (Å²) in [5, 5.41) is 24.2. The first kappa shape index (κ1) is 17.5. The van der Waals surface area contributed by atoms with Crippen LogP contribution in [-0.2, 0) is 6.54 Å². The summed E-state index contributed by atoms with van der Waals surface area (Å²) in [6.45, 7) is 0.810. The zero-order valence-electron chi connectivity index (χ0n) is 13.9. The van der Waals surface area contributed by atoms with E-state index in [1.807, 2.05) is 18.2 Å². The molecule has 6 heteroatoms. The molecule has 1 unspecified atom stereocenters. The van der Waals surface area contributed by atoms with Crippen LogP contribution < -0.4 is 15.6 Å². The molecule has 3 aromatic rings. The third-order valence-corrected chi connectivity index (χ3v) is 4.01. The lowest BCUT2D eigenvalue weighted by Gasteiger charge is -2.15. The minimum Gasteiger partial charge on any atom is -0.506 e. The van der Waals surface area contributed by atoms with E-state index in [9.17, 15) is 15.0 Å². The third-order valence-electron chi connectivity index (χ3n) is 4.01. The lowest BCUT2D eigenvalue weighted by Crippen LogP contribution is -2.21. The van der Waals surface area contributed by atoms with Crippen LogP contribution in [0.15, 0.2) is 53.3 Å². The highest BCUT2D eigenvalue weighted by atomic mass is 16.5. The van der Waals surface area contributed by atoms with Crippen LogP contribution in [-0.4, -0.2) is 21.7 Å². The number of ether oxygens (including phenoxy) is 1. The van der Waals surface area contributed by atoms with Gasteiger partial charge in [-0.3, -0.25) is 4.79 Å². The van der Waals surface area contributed by atoms with Crippen LogP contribution in [0, 0.1) is 12.5 Å². The van der Waals surface area contributed by atoms with Gasteiger partial charge in [-0.25, -0.2) is 0 Å². The van der Waals surface area contributed by atoms with Crippen LogP contribution in [0.3, 0.4) is 0 Å². The van der Waals surface area contributed by atoms with Crippen LogP contribution in [0.2, 0.25) is 0 Å². The van der Waals surface area contributed by atoms with Crippen LogP contribution >= 0.6 is 0 Å². The molecule has 0 fully saturated rings. The van der Waals surface area contributed by atoms with E-state index < -0.39 is 6.10 Å². The molecule has 0 radical (unpaired) electrons. The van der Waals surface area contributed by atoms with Crippen molar-refractivity contribution < 1.29 is 14.9 Å². The standard InChI is InChI=1S/C20H18N2O4/c1-2-26-14-5-3-4-13(10-14)11-21-12-18(24)15-6-8-17(23)20-16(15)7-9-19(25)22-20/h1,3-10,18,21,23-24H,11-12H2,(H,22,25). The van der Waals surface area contributed by atoms with Gasteiger partial charge in [-0.2, -0.15) is 0 Å². The summed E-state index contributed by atoms with van der Waals surface area (Å²) in [4.78, 5) is 14.0. The van der Waals surface area contributed by atoms with Gasteiger partial charge in [-0.05, 0) is 35.4 Å². The van der Waals surface area contributed by atoms with Gasteiger partial charge in [0.25, 0.3) is 0 Å². The number of terminal acetylenes is 1. The van der Waals surface area contributed by atoms with Gasteiger partial charge in [-0.1, -0.05) is 24.6 Å². The number of aliphatic hydroxyl groups is 1. The summed E-state index contributed by atoms with van der Waals surface area (Å²) in [6.07, 6.45) is 6.43. The first-order valence-electron chi connectivity index (χ1n) is 8.03. The van der Waals surface area contributed by atoms with Crippen LogP contribution in [0.1, 0.15) is 17.2 Å². The Morgan fingerprint density at radius 2 is 2.08 bits per heavy atom. The number of hydrogen-bond donors (Lipinski definition) is 4. The van der Waals surface area contributed by atoms with E-state index in [1.54, 1.807) is 18.2 Å². The third kappa shape index (κ3) is 3.86. The molecule has 6 nitrogen and oxygen atoms in total. The molecule has 1 heterocycles. The molecule has 0 saturated heterocycles. The van der Waals surface area contributed by atoms with Crippen molar-refractivity contribution in [3.63, 3.8) is 0 Å². The summed E-state index contributed by atoms with van der Waals surface area (Å²) in [5.41, 5.74) is 1.58. The highest BCUT2D eigenvalue weighted by Gasteiger charge is 2.13. The largest absolute Gasteiger partial charge is 0.506 e. The van der Waals surface area contributed by atoms with Gasteiger partial charge in [0.15, 0.2) is 0 Å². The molecule has 4 N–H and O–H groups in total. The molecule has 0 aliphatic carbocycles. The summed E-state index contributed by atoms with van der Waals surface area (Å²) >= 11 is 0. The molecular weight excluding hydrogens is 332 g/mol. The Labute approximate surface area is 150 Å². The molecule has 0 aliphatic heterocycles. The average Bonchev–Trinajstić information content (AvgIpc) is 2.63. The molecule has 1 aromatic heterocycles. The van der Waals surface area contributed by atoms with Gasteiger partial charge < -0.3 is 25.3 Å². The molecule has 3 rings (SSSR count). The summed E-state index contributed by atoms with van der Waals surface area (Å²) in [7, 11) is 0. The zero-order chi connectivity index (χ0) is 18.5. The molecule has 0 bridgehead atoms. The Balaban J connectivity index is 1.71. The molecular formula is C20H18N2O4. The molecule has 0 aliphatic rings. The number of hydrogen-bond acceptors (Lipinski definition) is 5. The average molecular weight is 350 g/mol. The van der Waals surface area contributed by atoms with Crippen molar-refractivity contribution in [2.75, 3.05) is 6.54 Å². The number of aromatic nitrogens is 1. The van der Waals surface area contributed by atoms with Gasteiger partial charge in [0.05, 0.1) is 11.6 Å². The molecule has 2 aromatic carbocycles. The second kappa shape index (κ2) is 7.74. The summed E-state index contributed by atoms with van der Waals surface area (Å²) in [5.74, 6) is 0.549. The predicted octanol–water partition coefficient (Wildman–Crippen LogP) is 2.03. The van der Waals surface area contributed by atoms with E-state index in [0.29, 0.717) is 35.3 Å². The maximum absolute atomic E-state index is 11.5. The Hall–Kier alpha value is -3.27. The number of phenols is 1. The van der Waals surface area contributed by atoms with Crippen LogP contribution in [0.4, 0.5) is 0 Å². The topological polar surface area (TPSA) is 94.6 Å². The molecule has 0 amide bonds. The predicted molar refractivity (Wildman–Crippen MR) is 98.8 cm³/mol. The first-order chi connectivity index (χ1) is 12.6. The number of phenolic OH excluding ortho intramolecular Hbond substituents is 1. The molecule has 26 heavy (non-hydrogen) atoms. The lowest BCUT2D eigenvalue weighted by molar-refractivity contribution is 0.176. The van der Waals surface area contributed by atoms with E-state index in [-0.39, 0.29) is 11.3 Å². The fourth-order valence-corrected chi connectivity index (χ4v) is 2.80. The smallest absolute Gasteiger partial charge is 0.248 e. The van der Waals surface area contributed by atoms with Crippen molar-refractivity contribution >= 4 is 10.9 Å². The molecule has 0 saturated carbocycles. The van der Waals surface area contributed by atoms with Crippen molar-refractivity contribution in [3.05, 3.63) is 70.0 Å². The van der Waals surface area contributed by atoms with E-state index in [0.717, 1.165) is 5.56 Å². The number of fused-ring (bicyclic) bond motifs is 1. The van der Waals surface area contributed by atoms with Crippen molar-refractivity contribution in [2.24, 2.45) is 0 Å². The highest BCUT2D eigenvalue weighted by molar-refractivity contribution is 5.87. The SMILES string of the molecule is C#COc1cccc(CNCC(O)c2ccc(O)c3[nH]c(=O)ccc23)c1. The Morgan fingerprint density at radius 1 is 1.23 bits per heavy atom. The monoisotopic (exact) mass is 350 g/mol. The second-order valence-corrected chi connectivity index (χ2v) is 5.80. The van der Waals surface area contributed by atoms with Gasteiger partial charge in [0.2, 0.25) is 5.56 Å². The van der Waals surface area contributed by atoms with Gasteiger partial charge >= 0.3 is 0 Å². The fraction of sp³-hybridized carbons (Fsp3) is 0.150. The minimum atomic E-state index is -0.811. The normalized spacial score (nSPS) is 11.8. The number of aromatic hydroxyl groups is 1. The van der Waals surface area contributed by atoms with Crippen LogP contribution in [0.5, 0.6) is 11.5 Å². The number of nitrogens with one attached hydrogen (secondary N) is 2. The fourth-order valence-electron chi connectivity index (χ4n) is 2.80. The highest BCUT2D eigenvalue weighted by Crippen LogP contribution is 2.28. The molecule has 132 valence electrons. The Bertz CT molecular complexity index is 1020. The number of benzene rings is 2. The number of aromatic amines is 1. The Kier molecular flexibility index (Phi) is 5.23. The van der Waals surface area contributed by atoms with E-state index in [2.05, 4.69) is 16.4 Å². The number of H-pyrrole nitrogens is 1. The van der Waals surface area contributed by atoms with Gasteiger partial charge in [-0.15, -0.1) is 0 Å². The Morgan fingerprint density at radius 3 is 2.88 bits per heavy atom. The van der Waals surface area contributed by atoms with Crippen LogP contribution in [0.25, 0.3) is 10.9 Å². The molecule has 1 atom stereocenters. The lowest BCUT2D eigenvalue weighted by atomic mass is 10.0. The number of rotatable bonds is 6. The maximum atomic E-state index is 11.5. The van der Waals surface area contributed by atoms with Gasteiger partial charge in [0.1, 0.15) is 17.6 Å². The van der Waals surface area contributed by atoms with Crippen molar-refractivity contribution in [1.29, 1.82) is 0 Å². The van der Waals surface area contributed by atoms with Crippen molar-refractivity contribution in [2.45, 2.75) is 12.6 Å². The summed E-state index contributed by atoms with van der Waals surface area (Å²) < 4.78 is 5.01. The van der Waals surface area contributed by atoms with E-state index in [4.69, 9.17) is 11.2 Å². The van der Waals surface area contributed by atoms with Gasteiger partial charge in [0, 0.05) is 24.5 Å². The second-order valence-electron chi connectivity index (χ2n) is 5.80. The number of pyridine rings is 1. The molecule has 0 spiro atoms. The maximum Gasteiger partial charge on any atom is 0.248 e. The zero-order valence-corrected chi connectivity index (χ0v) is 13.9. The minimum absolute atomic E-state index is 0.0352. The number of aliphatic hydroxyl groups excluding tert-OH is 1. The van der Waals surface area contributed by atoms with Crippen molar-refractivity contribution in [1.82, 2.24) is 10.3 Å².